The van der Waals surface area contributed by atoms with Crippen LogP contribution in [0.25, 0.3) is 10.9 Å². The Morgan fingerprint density at radius 1 is 1.18 bits per heavy atom. The van der Waals surface area contributed by atoms with Crippen molar-refractivity contribution in [3.05, 3.63) is 35.5 Å². The Labute approximate surface area is 105 Å². The number of rotatable bonds is 1. The third kappa shape index (κ3) is 2.08. The number of hydrogen-bond acceptors (Lipinski definition) is 3. The average molecular weight is 248 g/mol. The number of nitrogens with one attached hydrogen (secondary N) is 1. The zero-order valence-electron chi connectivity index (χ0n) is 9.49. The summed E-state index contributed by atoms with van der Waals surface area (Å²) in [7, 11) is 0. The van der Waals surface area contributed by atoms with E-state index in [9.17, 15) is 0 Å². The van der Waals surface area contributed by atoms with E-state index < -0.39 is 0 Å². The van der Waals surface area contributed by atoms with Crippen LogP contribution in [0.3, 0.4) is 0 Å². The molecule has 0 saturated carbocycles. The predicted molar refractivity (Wildman–Crippen MR) is 71.8 cm³/mol. The predicted octanol–water partition coefficient (Wildman–Crippen LogP) is 2.30. The smallest absolute Gasteiger partial charge is 0.0737 e. The number of nitrogens with zero attached hydrogens (tertiary/aromatic N) is 2. The minimum atomic E-state index is 0.766. The van der Waals surface area contributed by atoms with E-state index in [1.807, 2.05) is 6.07 Å². The maximum Gasteiger partial charge on any atom is 0.0737 e. The quantitative estimate of drug-likeness (QED) is 0.838. The maximum absolute atomic E-state index is 6.13. The lowest BCUT2D eigenvalue weighted by molar-refractivity contribution is 0.589. The van der Waals surface area contributed by atoms with Crippen molar-refractivity contribution in [1.29, 1.82) is 0 Å². The summed E-state index contributed by atoms with van der Waals surface area (Å²) >= 11 is 6.13. The molecule has 3 rings (SSSR count). The zero-order valence-corrected chi connectivity index (χ0v) is 10.2. The van der Waals surface area contributed by atoms with Crippen LogP contribution in [0.2, 0.25) is 5.02 Å². The van der Waals surface area contributed by atoms with Crippen molar-refractivity contribution in [3.8, 4) is 0 Å². The van der Waals surface area contributed by atoms with E-state index in [1.165, 1.54) is 5.69 Å². The Bertz CT molecular complexity index is 535. The third-order valence-electron chi connectivity index (χ3n) is 3.16. The van der Waals surface area contributed by atoms with E-state index in [2.05, 4.69) is 33.4 Å². The highest BCUT2D eigenvalue weighted by atomic mass is 35.5. The number of hydrogen-bond donors (Lipinski definition) is 1. The highest BCUT2D eigenvalue weighted by Crippen LogP contribution is 2.25. The zero-order chi connectivity index (χ0) is 11.7. The fourth-order valence-corrected chi connectivity index (χ4v) is 2.44. The van der Waals surface area contributed by atoms with Gasteiger partial charge in [-0.25, -0.2) is 0 Å². The van der Waals surface area contributed by atoms with Gasteiger partial charge in [-0.1, -0.05) is 11.6 Å². The molecule has 0 spiro atoms. The van der Waals surface area contributed by atoms with Crippen LogP contribution < -0.4 is 10.2 Å². The lowest BCUT2D eigenvalue weighted by atomic mass is 10.2. The molecule has 1 aromatic carbocycles. The van der Waals surface area contributed by atoms with Crippen LogP contribution in [0, 0.1) is 0 Å². The number of halogens is 1. The first kappa shape index (κ1) is 10.8. The van der Waals surface area contributed by atoms with E-state index in [0.717, 1.165) is 42.1 Å². The van der Waals surface area contributed by atoms with Gasteiger partial charge in [0.15, 0.2) is 0 Å². The van der Waals surface area contributed by atoms with Crippen LogP contribution in [-0.4, -0.2) is 31.2 Å². The highest BCUT2D eigenvalue weighted by Gasteiger charge is 2.11. The molecule has 1 saturated heterocycles. The van der Waals surface area contributed by atoms with Gasteiger partial charge in [-0.05, 0) is 24.3 Å². The Morgan fingerprint density at radius 2 is 2.00 bits per heavy atom. The fraction of sp³-hybridized carbons (Fsp3) is 0.308. The molecule has 1 aliphatic rings. The van der Waals surface area contributed by atoms with Gasteiger partial charge in [0.2, 0.25) is 0 Å². The normalized spacial score (nSPS) is 16.4. The number of fused-ring (bicyclic) bond motifs is 1. The van der Waals surface area contributed by atoms with E-state index >= 15 is 0 Å². The number of aromatic nitrogens is 1. The molecule has 3 nitrogen and oxygen atoms in total. The van der Waals surface area contributed by atoms with Crippen LogP contribution in [0.5, 0.6) is 0 Å². The Hall–Kier alpha value is -1.32. The van der Waals surface area contributed by atoms with Gasteiger partial charge in [-0.2, -0.15) is 0 Å². The topological polar surface area (TPSA) is 28.2 Å². The Balaban J connectivity index is 2.01. The molecule has 0 aliphatic carbocycles. The molecule has 1 aliphatic heterocycles. The van der Waals surface area contributed by atoms with Gasteiger partial charge >= 0.3 is 0 Å². The number of benzene rings is 1. The second-order valence-electron chi connectivity index (χ2n) is 4.23. The molecule has 2 aromatic rings. The summed E-state index contributed by atoms with van der Waals surface area (Å²) in [6, 6.07) is 8.13. The molecule has 1 fully saturated rings. The van der Waals surface area contributed by atoms with Gasteiger partial charge < -0.3 is 10.2 Å². The van der Waals surface area contributed by atoms with Crippen molar-refractivity contribution in [1.82, 2.24) is 10.3 Å². The highest BCUT2D eigenvalue weighted by molar-refractivity contribution is 6.35. The molecule has 1 N–H and O–H groups in total. The molecule has 1 aromatic heterocycles. The van der Waals surface area contributed by atoms with E-state index in [0.29, 0.717) is 0 Å². The molecule has 0 bridgehead atoms. The summed E-state index contributed by atoms with van der Waals surface area (Å²) in [6.45, 7) is 4.18. The summed E-state index contributed by atoms with van der Waals surface area (Å²) in [5.74, 6) is 0. The molecule has 4 heteroatoms. The van der Waals surface area contributed by atoms with Crippen LogP contribution in [0.1, 0.15) is 0 Å². The molecule has 0 amide bonds. The molecule has 0 atom stereocenters. The van der Waals surface area contributed by atoms with Gasteiger partial charge in [0.05, 0.1) is 10.5 Å². The molecule has 88 valence electrons. The number of piperazine rings is 1. The Morgan fingerprint density at radius 3 is 2.82 bits per heavy atom. The monoisotopic (exact) mass is 247 g/mol. The molecular weight excluding hydrogens is 234 g/mol. The molecule has 0 radical (unpaired) electrons. The second kappa shape index (κ2) is 4.51. The first-order valence-corrected chi connectivity index (χ1v) is 6.22. The van der Waals surface area contributed by atoms with Crippen molar-refractivity contribution in [2.45, 2.75) is 0 Å². The molecule has 2 heterocycles. The summed E-state index contributed by atoms with van der Waals surface area (Å²) in [4.78, 5) is 6.74. The van der Waals surface area contributed by atoms with Gasteiger partial charge in [0.25, 0.3) is 0 Å². The van der Waals surface area contributed by atoms with Crippen LogP contribution in [0.15, 0.2) is 30.5 Å². The van der Waals surface area contributed by atoms with Crippen molar-refractivity contribution in [2.75, 3.05) is 31.1 Å². The average Bonchev–Trinajstić information content (AvgIpc) is 2.40. The van der Waals surface area contributed by atoms with Gasteiger partial charge in [-0.15, -0.1) is 0 Å². The lowest BCUT2D eigenvalue weighted by Crippen LogP contribution is -2.43. The summed E-state index contributed by atoms with van der Waals surface area (Å²) in [5.41, 5.74) is 2.20. The number of pyridine rings is 1. The van der Waals surface area contributed by atoms with Crippen LogP contribution >= 0.6 is 11.6 Å². The Kier molecular flexibility index (Phi) is 2.87. The summed E-state index contributed by atoms with van der Waals surface area (Å²) in [5, 5.41) is 5.14. The van der Waals surface area contributed by atoms with Crippen LogP contribution in [0.4, 0.5) is 5.69 Å². The number of anilines is 1. The van der Waals surface area contributed by atoms with Gasteiger partial charge in [-0.3, -0.25) is 4.98 Å². The van der Waals surface area contributed by atoms with Crippen molar-refractivity contribution in [2.24, 2.45) is 0 Å². The van der Waals surface area contributed by atoms with E-state index in [-0.39, 0.29) is 0 Å². The summed E-state index contributed by atoms with van der Waals surface area (Å²) < 4.78 is 0. The minimum Gasteiger partial charge on any atom is -0.369 e. The first-order valence-electron chi connectivity index (χ1n) is 5.84. The standard InChI is InChI=1S/C13H14ClN3/c14-12-3-4-16-13-9-10(1-2-11(12)13)17-7-5-15-6-8-17/h1-4,9,15H,5-8H2. The van der Waals surface area contributed by atoms with E-state index in [1.54, 1.807) is 6.20 Å². The first-order chi connectivity index (χ1) is 8.34. The van der Waals surface area contributed by atoms with Gasteiger partial charge in [0.1, 0.15) is 0 Å². The van der Waals surface area contributed by atoms with Crippen molar-refractivity contribution >= 4 is 28.2 Å². The maximum atomic E-state index is 6.13. The second-order valence-corrected chi connectivity index (χ2v) is 4.64. The van der Waals surface area contributed by atoms with Crippen LogP contribution in [-0.2, 0) is 0 Å². The van der Waals surface area contributed by atoms with Gasteiger partial charge in [0, 0.05) is 43.4 Å². The molecule has 17 heavy (non-hydrogen) atoms. The summed E-state index contributed by atoms with van der Waals surface area (Å²) in [6.07, 6.45) is 1.76. The molecule has 0 unspecified atom stereocenters. The minimum absolute atomic E-state index is 0.766. The third-order valence-corrected chi connectivity index (χ3v) is 3.48. The largest absolute Gasteiger partial charge is 0.369 e. The molecular formula is C13H14ClN3. The van der Waals surface area contributed by atoms with E-state index in [4.69, 9.17) is 11.6 Å². The van der Waals surface area contributed by atoms with Crippen molar-refractivity contribution < 1.29 is 0 Å². The van der Waals surface area contributed by atoms with Crippen molar-refractivity contribution in [3.63, 3.8) is 0 Å². The lowest BCUT2D eigenvalue weighted by Gasteiger charge is -2.29. The fourth-order valence-electron chi connectivity index (χ4n) is 2.22. The SMILES string of the molecule is Clc1ccnc2cc(N3CCNCC3)ccc12.